The summed E-state index contributed by atoms with van der Waals surface area (Å²) >= 11 is 0. The summed E-state index contributed by atoms with van der Waals surface area (Å²) in [5, 5.41) is 2.68. The fraction of sp³-hybridized carbons (Fsp3) is 0.176. The van der Waals surface area contributed by atoms with Gasteiger partial charge < -0.3 is 20.5 Å². The van der Waals surface area contributed by atoms with Crippen molar-refractivity contribution in [3.8, 4) is 11.5 Å². The summed E-state index contributed by atoms with van der Waals surface area (Å²) < 4.78 is 10.5. The average molecular weight is 314 g/mol. The summed E-state index contributed by atoms with van der Waals surface area (Å²) in [6.45, 7) is 1.85. The lowest BCUT2D eigenvalue weighted by Crippen LogP contribution is -2.18. The van der Waals surface area contributed by atoms with Gasteiger partial charge in [0.25, 0.3) is 11.8 Å². The number of anilines is 1. The minimum atomic E-state index is -0.616. The van der Waals surface area contributed by atoms with Crippen molar-refractivity contribution in [3.05, 3.63) is 53.1 Å². The van der Waals surface area contributed by atoms with Crippen LogP contribution in [0.2, 0.25) is 0 Å². The second-order valence-electron chi connectivity index (χ2n) is 4.89. The number of amides is 2. The number of aryl methyl sites for hydroxylation is 1. The molecule has 0 unspecified atom stereocenters. The molecule has 3 N–H and O–H groups in total. The zero-order valence-corrected chi connectivity index (χ0v) is 13.2. The molecule has 0 aliphatic heterocycles. The maximum absolute atomic E-state index is 12.5. The molecule has 0 bridgehead atoms. The highest BCUT2D eigenvalue weighted by atomic mass is 16.5. The number of carbonyl (C=O) groups excluding carboxylic acids is 2. The van der Waals surface area contributed by atoms with Crippen molar-refractivity contribution < 1.29 is 19.1 Å². The summed E-state index contributed by atoms with van der Waals surface area (Å²) in [6, 6.07) is 9.84. The molecule has 6 heteroatoms. The molecule has 0 radical (unpaired) electrons. The van der Waals surface area contributed by atoms with E-state index in [4.69, 9.17) is 15.2 Å². The van der Waals surface area contributed by atoms with Gasteiger partial charge in [-0.05, 0) is 36.8 Å². The first-order chi connectivity index (χ1) is 11.0. The van der Waals surface area contributed by atoms with Crippen LogP contribution in [0.15, 0.2) is 36.4 Å². The number of ether oxygens (including phenoxy) is 2. The van der Waals surface area contributed by atoms with E-state index in [9.17, 15) is 9.59 Å². The van der Waals surface area contributed by atoms with Crippen molar-refractivity contribution in [1.82, 2.24) is 0 Å². The standard InChI is InChI=1S/C17H18N2O4/c1-10-8-15(23-3)12(9-14(10)22-2)17(21)19-13-7-5-4-6-11(13)16(18)20/h4-9H,1-3H3,(H2,18,20)(H,19,21). The highest BCUT2D eigenvalue weighted by Gasteiger charge is 2.17. The maximum Gasteiger partial charge on any atom is 0.259 e. The number of hydrogen-bond donors (Lipinski definition) is 2. The molecule has 0 aromatic heterocycles. The van der Waals surface area contributed by atoms with Gasteiger partial charge in [0.15, 0.2) is 0 Å². The van der Waals surface area contributed by atoms with Crippen LogP contribution in [0.5, 0.6) is 11.5 Å². The van der Waals surface area contributed by atoms with Gasteiger partial charge in [0, 0.05) is 0 Å². The fourth-order valence-corrected chi connectivity index (χ4v) is 2.22. The molecule has 0 fully saturated rings. The van der Waals surface area contributed by atoms with Crippen molar-refractivity contribution in [2.24, 2.45) is 5.73 Å². The van der Waals surface area contributed by atoms with Gasteiger partial charge in [-0.1, -0.05) is 12.1 Å². The number of para-hydroxylation sites is 1. The first-order valence-electron chi connectivity index (χ1n) is 6.90. The molecule has 2 aromatic carbocycles. The smallest absolute Gasteiger partial charge is 0.259 e. The number of methoxy groups -OCH3 is 2. The fourth-order valence-electron chi connectivity index (χ4n) is 2.22. The minimum Gasteiger partial charge on any atom is -0.496 e. The van der Waals surface area contributed by atoms with Gasteiger partial charge in [0.05, 0.1) is 31.0 Å². The van der Waals surface area contributed by atoms with E-state index in [1.165, 1.54) is 14.2 Å². The van der Waals surface area contributed by atoms with Crippen LogP contribution >= 0.6 is 0 Å². The molecule has 0 heterocycles. The number of primary amides is 1. The lowest BCUT2D eigenvalue weighted by molar-refractivity contribution is 0.100. The molecule has 0 aliphatic rings. The number of benzene rings is 2. The number of nitrogens with two attached hydrogens (primary N) is 1. The number of rotatable bonds is 5. The Balaban J connectivity index is 2.40. The summed E-state index contributed by atoms with van der Waals surface area (Å²) in [5.41, 5.74) is 7.04. The van der Waals surface area contributed by atoms with Crippen LogP contribution in [0.3, 0.4) is 0 Å². The van der Waals surface area contributed by atoms with Gasteiger partial charge in [-0.15, -0.1) is 0 Å². The van der Waals surface area contributed by atoms with E-state index < -0.39 is 11.8 Å². The van der Waals surface area contributed by atoms with Gasteiger partial charge in [0.1, 0.15) is 11.5 Å². The number of carbonyl (C=O) groups is 2. The van der Waals surface area contributed by atoms with Crippen molar-refractivity contribution in [2.75, 3.05) is 19.5 Å². The second-order valence-corrected chi connectivity index (χ2v) is 4.89. The Hall–Kier alpha value is -3.02. The second kappa shape index (κ2) is 6.83. The Morgan fingerprint density at radius 3 is 2.26 bits per heavy atom. The molecule has 2 rings (SSSR count). The third-order valence-corrected chi connectivity index (χ3v) is 3.40. The third-order valence-electron chi connectivity index (χ3n) is 3.40. The van der Waals surface area contributed by atoms with Crippen LogP contribution in [-0.4, -0.2) is 26.0 Å². The number of nitrogens with one attached hydrogen (secondary N) is 1. The molecule has 2 aromatic rings. The lowest BCUT2D eigenvalue weighted by atomic mass is 10.1. The highest BCUT2D eigenvalue weighted by Crippen LogP contribution is 2.29. The summed E-state index contributed by atoms with van der Waals surface area (Å²) in [5.74, 6) is -0.0558. The Kier molecular flexibility index (Phi) is 4.85. The van der Waals surface area contributed by atoms with E-state index >= 15 is 0 Å². The minimum absolute atomic E-state index is 0.235. The van der Waals surface area contributed by atoms with Crippen molar-refractivity contribution in [3.63, 3.8) is 0 Å². The monoisotopic (exact) mass is 314 g/mol. The average Bonchev–Trinajstić information content (AvgIpc) is 2.54. The van der Waals surface area contributed by atoms with E-state index in [2.05, 4.69) is 5.32 Å². The molecule has 120 valence electrons. The van der Waals surface area contributed by atoms with Gasteiger partial charge in [-0.3, -0.25) is 9.59 Å². The molecule has 2 amide bonds. The van der Waals surface area contributed by atoms with Crippen molar-refractivity contribution >= 4 is 17.5 Å². The zero-order valence-electron chi connectivity index (χ0n) is 13.2. The van der Waals surface area contributed by atoms with Crippen molar-refractivity contribution in [1.29, 1.82) is 0 Å². The first kappa shape index (κ1) is 16.4. The SMILES string of the molecule is COc1cc(C(=O)Nc2ccccc2C(N)=O)c(OC)cc1C. The van der Waals surface area contributed by atoms with Gasteiger partial charge in [0.2, 0.25) is 0 Å². The largest absolute Gasteiger partial charge is 0.496 e. The van der Waals surface area contributed by atoms with Gasteiger partial charge in [-0.25, -0.2) is 0 Å². The van der Waals surface area contributed by atoms with Crippen LogP contribution in [0.25, 0.3) is 0 Å². The van der Waals surface area contributed by atoms with Crippen LogP contribution in [0.1, 0.15) is 26.3 Å². The van der Waals surface area contributed by atoms with Crippen LogP contribution in [-0.2, 0) is 0 Å². The number of hydrogen-bond acceptors (Lipinski definition) is 4. The van der Waals surface area contributed by atoms with Gasteiger partial charge in [-0.2, -0.15) is 0 Å². The zero-order chi connectivity index (χ0) is 17.0. The topological polar surface area (TPSA) is 90.6 Å². The van der Waals surface area contributed by atoms with Crippen molar-refractivity contribution in [2.45, 2.75) is 6.92 Å². The molecule has 0 atom stereocenters. The van der Waals surface area contributed by atoms with Crippen LogP contribution < -0.4 is 20.5 Å². The Bertz CT molecular complexity index is 756. The third kappa shape index (κ3) is 3.42. The summed E-state index contributed by atoms with van der Waals surface area (Å²) in [4.78, 5) is 24.0. The Morgan fingerprint density at radius 2 is 1.65 bits per heavy atom. The van der Waals surface area contributed by atoms with Crippen LogP contribution in [0, 0.1) is 6.92 Å². The van der Waals surface area contributed by atoms with E-state index in [1.54, 1.807) is 36.4 Å². The lowest BCUT2D eigenvalue weighted by Gasteiger charge is -2.14. The highest BCUT2D eigenvalue weighted by molar-refractivity contribution is 6.10. The summed E-state index contributed by atoms with van der Waals surface area (Å²) in [7, 11) is 3.01. The molecule has 0 saturated carbocycles. The molecular formula is C17H18N2O4. The maximum atomic E-state index is 12.5. The Labute approximate surface area is 134 Å². The predicted octanol–water partition coefficient (Wildman–Crippen LogP) is 2.36. The Morgan fingerprint density at radius 1 is 1.00 bits per heavy atom. The van der Waals surface area contributed by atoms with E-state index in [0.29, 0.717) is 22.7 Å². The first-order valence-corrected chi connectivity index (χ1v) is 6.90. The molecule has 0 spiro atoms. The quantitative estimate of drug-likeness (QED) is 0.886. The predicted molar refractivity (Wildman–Crippen MR) is 87.2 cm³/mol. The van der Waals surface area contributed by atoms with Crippen LogP contribution in [0.4, 0.5) is 5.69 Å². The van der Waals surface area contributed by atoms with E-state index in [1.807, 2.05) is 6.92 Å². The molecule has 0 aliphatic carbocycles. The van der Waals surface area contributed by atoms with Gasteiger partial charge >= 0.3 is 0 Å². The normalized spacial score (nSPS) is 10.0. The molecule has 0 saturated heterocycles. The summed E-state index contributed by atoms with van der Waals surface area (Å²) in [6.07, 6.45) is 0. The van der Waals surface area contributed by atoms with E-state index in [0.717, 1.165) is 5.56 Å². The molecule has 6 nitrogen and oxygen atoms in total. The molecular weight excluding hydrogens is 296 g/mol. The molecule has 23 heavy (non-hydrogen) atoms. The van der Waals surface area contributed by atoms with E-state index in [-0.39, 0.29) is 5.56 Å².